The van der Waals surface area contributed by atoms with Gasteiger partial charge in [-0.2, -0.15) is 11.8 Å². The van der Waals surface area contributed by atoms with Crippen molar-refractivity contribution < 1.29 is 39.6 Å². The van der Waals surface area contributed by atoms with Crippen molar-refractivity contribution in [2.75, 3.05) is 5.75 Å². The molecule has 2 heterocycles. The number of rotatable bonds is 4. The van der Waals surface area contributed by atoms with Gasteiger partial charge in [0.25, 0.3) is 0 Å². The van der Waals surface area contributed by atoms with E-state index in [0.29, 0.717) is 0 Å². The van der Waals surface area contributed by atoms with Gasteiger partial charge in [0.05, 0.1) is 23.7 Å². The van der Waals surface area contributed by atoms with Crippen molar-refractivity contribution in [1.29, 1.82) is 0 Å². The second-order valence-electron chi connectivity index (χ2n) is 5.33. The lowest BCUT2D eigenvalue weighted by atomic mass is 9.80. The molecular formula is C12H14O8S. The first-order valence-corrected chi connectivity index (χ1v) is 7.33. The van der Waals surface area contributed by atoms with Gasteiger partial charge in [0.2, 0.25) is 0 Å². The van der Waals surface area contributed by atoms with Crippen molar-refractivity contribution in [1.82, 2.24) is 0 Å². The Kier molecular flexibility index (Phi) is 4.13. The van der Waals surface area contributed by atoms with Gasteiger partial charge >= 0.3 is 23.9 Å². The molecule has 0 spiro atoms. The third-order valence-corrected chi connectivity index (χ3v) is 5.86. The van der Waals surface area contributed by atoms with Crippen LogP contribution >= 0.6 is 11.8 Å². The van der Waals surface area contributed by atoms with Crippen LogP contribution in [0.3, 0.4) is 0 Å². The highest BCUT2D eigenvalue weighted by molar-refractivity contribution is 8.00. The number of carbonyl (C=O) groups is 4. The molecule has 0 aromatic heterocycles. The molecule has 2 saturated heterocycles. The van der Waals surface area contributed by atoms with Crippen LogP contribution in [0.2, 0.25) is 0 Å². The monoisotopic (exact) mass is 318 g/mol. The molecule has 8 nitrogen and oxygen atoms in total. The molecule has 3 rings (SSSR count). The fourth-order valence-electron chi connectivity index (χ4n) is 3.40. The van der Waals surface area contributed by atoms with E-state index in [1.807, 2.05) is 0 Å². The maximum absolute atomic E-state index is 11.4. The van der Waals surface area contributed by atoms with Crippen molar-refractivity contribution >= 4 is 35.6 Å². The first-order valence-electron chi connectivity index (χ1n) is 6.28. The fourth-order valence-corrected chi connectivity index (χ4v) is 5.22. The predicted octanol–water partition coefficient (Wildman–Crippen LogP) is -0.0751. The predicted molar refractivity (Wildman–Crippen MR) is 68.9 cm³/mol. The molecule has 2 aliphatic heterocycles. The summed E-state index contributed by atoms with van der Waals surface area (Å²) in [5, 5.41) is 36.1. The Balaban J connectivity index is 2.53. The minimum absolute atomic E-state index is 0.128. The van der Waals surface area contributed by atoms with E-state index < -0.39 is 58.7 Å². The molecule has 21 heavy (non-hydrogen) atoms. The maximum Gasteiger partial charge on any atom is 0.308 e. The van der Waals surface area contributed by atoms with Crippen LogP contribution in [0.25, 0.3) is 0 Å². The third-order valence-electron chi connectivity index (χ3n) is 4.27. The Morgan fingerprint density at radius 2 is 1.29 bits per heavy atom. The van der Waals surface area contributed by atoms with Crippen molar-refractivity contribution in [2.24, 2.45) is 29.6 Å². The largest absolute Gasteiger partial charge is 0.481 e. The third kappa shape index (κ3) is 2.57. The first kappa shape index (κ1) is 15.6. The molecular weight excluding hydrogens is 304 g/mol. The zero-order valence-corrected chi connectivity index (χ0v) is 11.5. The molecule has 1 saturated carbocycles. The summed E-state index contributed by atoms with van der Waals surface area (Å²) >= 11 is 1.06. The van der Waals surface area contributed by atoms with Crippen LogP contribution < -0.4 is 0 Å². The zero-order chi connectivity index (χ0) is 15.9. The Morgan fingerprint density at radius 1 is 0.762 bits per heavy atom. The van der Waals surface area contributed by atoms with E-state index in [-0.39, 0.29) is 12.2 Å². The van der Waals surface area contributed by atoms with Gasteiger partial charge < -0.3 is 20.4 Å². The van der Waals surface area contributed by atoms with Gasteiger partial charge in [-0.1, -0.05) is 0 Å². The second kappa shape index (κ2) is 5.55. The first-order chi connectivity index (χ1) is 9.75. The highest BCUT2D eigenvalue weighted by Gasteiger charge is 2.58. The van der Waals surface area contributed by atoms with Gasteiger partial charge in [-0.3, -0.25) is 19.2 Å². The van der Waals surface area contributed by atoms with E-state index in [1.165, 1.54) is 0 Å². The van der Waals surface area contributed by atoms with E-state index in [0.717, 1.165) is 11.8 Å². The standard InChI is InChI=1S/C12H14O8S/c13-9(14)4-1-3-2-21-8(6(4)11(17)18)7(12(19)20)5(3)10(15)16/h3-8H,1-2H2,(H,13,14)(H,15,16)(H,17,18)(H,19,20). The van der Waals surface area contributed by atoms with Crippen molar-refractivity contribution in [3.63, 3.8) is 0 Å². The number of hydrogen-bond donors (Lipinski definition) is 4. The lowest BCUT2D eigenvalue weighted by Gasteiger charge is -2.36. The van der Waals surface area contributed by atoms with Crippen LogP contribution in [0.1, 0.15) is 6.42 Å². The molecule has 0 radical (unpaired) electrons. The Morgan fingerprint density at radius 3 is 1.71 bits per heavy atom. The molecule has 4 N–H and O–H groups in total. The van der Waals surface area contributed by atoms with Gasteiger partial charge in [-0.15, -0.1) is 0 Å². The van der Waals surface area contributed by atoms with Gasteiger partial charge in [-0.25, -0.2) is 0 Å². The minimum Gasteiger partial charge on any atom is -0.481 e. The molecule has 2 bridgehead atoms. The van der Waals surface area contributed by atoms with Crippen molar-refractivity contribution in [3.8, 4) is 0 Å². The average molecular weight is 318 g/mol. The van der Waals surface area contributed by atoms with E-state index in [1.54, 1.807) is 0 Å². The zero-order valence-electron chi connectivity index (χ0n) is 10.7. The molecule has 0 amide bonds. The molecule has 0 aromatic carbocycles. The van der Waals surface area contributed by atoms with E-state index in [2.05, 4.69) is 0 Å². The van der Waals surface area contributed by atoms with Crippen LogP contribution in [-0.2, 0) is 19.2 Å². The summed E-state index contributed by atoms with van der Waals surface area (Å²) in [6.07, 6.45) is -0.128. The number of carboxylic acid groups (broad SMARTS) is 4. The Bertz CT molecular complexity index is 487. The van der Waals surface area contributed by atoms with Gasteiger partial charge in [0, 0.05) is 5.25 Å². The summed E-state index contributed by atoms with van der Waals surface area (Å²) in [7, 11) is 0. The van der Waals surface area contributed by atoms with E-state index >= 15 is 0 Å². The summed E-state index contributed by atoms with van der Waals surface area (Å²) in [5.74, 6) is -11.1. The van der Waals surface area contributed by atoms with E-state index in [9.17, 15) is 39.6 Å². The molecule has 3 aliphatic rings. The number of fused-ring (bicyclic) bond motifs is 4. The SMILES string of the molecule is O=C(O)C1CC2CSC(C1C(=O)O)C(C(=O)O)C2C(=O)O. The fraction of sp³-hybridized carbons (Fsp3) is 0.667. The van der Waals surface area contributed by atoms with Crippen molar-refractivity contribution in [2.45, 2.75) is 11.7 Å². The van der Waals surface area contributed by atoms with Crippen LogP contribution in [0.4, 0.5) is 0 Å². The molecule has 9 heteroatoms. The Labute approximate surface area is 123 Å². The highest BCUT2D eigenvalue weighted by atomic mass is 32.2. The summed E-state index contributed by atoms with van der Waals surface area (Å²) < 4.78 is 0. The quantitative estimate of drug-likeness (QED) is 0.558. The number of hydrogen-bond acceptors (Lipinski definition) is 5. The molecule has 6 atom stereocenters. The minimum atomic E-state index is -1.40. The topological polar surface area (TPSA) is 149 Å². The summed E-state index contributed by atoms with van der Waals surface area (Å²) in [4.78, 5) is 45.6. The van der Waals surface area contributed by atoms with Gasteiger partial charge in [0.15, 0.2) is 0 Å². The summed E-state index contributed by atoms with van der Waals surface area (Å²) in [6.45, 7) is 0. The number of aliphatic carboxylic acids is 4. The average Bonchev–Trinajstić information content (AvgIpc) is 2.64. The van der Waals surface area contributed by atoms with E-state index in [4.69, 9.17) is 0 Å². The summed E-state index contributed by atoms with van der Waals surface area (Å²) in [5.41, 5.74) is 0. The van der Waals surface area contributed by atoms with Crippen molar-refractivity contribution in [3.05, 3.63) is 0 Å². The second-order valence-corrected chi connectivity index (χ2v) is 6.54. The molecule has 0 aromatic rings. The van der Waals surface area contributed by atoms with Gasteiger partial charge in [0.1, 0.15) is 0 Å². The number of thioether (sulfide) groups is 1. The van der Waals surface area contributed by atoms with Crippen LogP contribution in [0, 0.1) is 29.6 Å². The van der Waals surface area contributed by atoms with Gasteiger partial charge in [-0.05, 0) is 18.1 Å². The lowest BCUT2D eigenvalue weighted by molar-refractivity contribution is -0.157. The molecule has 6 unspecified atom stereocenters. The maximum atomic E-state index is 11.4. The van der Waals surface area contributed by atoms with Crippen LogP contribution in [-0.4, -0.2) is 55.3 Å². The molecule has 116 valence electrons. The Hall–Kier alpha value is -1.77. The number of carboxylic acids is 4. The normalized spacial score (nSPS) is 38.5. The molecule has 1 aliphatic carbocycles. The molecule has 3 fully saturated rings. The highest BCUT2D eigenvalue weighted by Crippen LogP contribution is 2.51. The van der Waals surface area contributed by atoms with Crippen LogP contribution in [0.5, 0.6) is 0 Å². The van der Waals surface area contributed by atoms with Crippen LogP contribution in [0.15, 0.2) is 0 Å². The lowest BCUT2D eigenvalue weighted by Crippen LogP contribution is -2.47. The smallest absolute Gasteiger partial charge is 0.308 e. The summed E-state index contributed by atoms with van der Waals surface area (Å²) in [6, 6.07) is 0.